The first-order valence-electron chi connectivity index (χ1n) is 9.52. The second-order valence-electron chi connectivity index (χ2n) is 6.91. The molecule has 1 unspecified atom stereocenters. The van der Waals surface area contributed by atoms with Crippen molar-refractivity contribution in [1.82, 2.24) is 30.2 Å². The Morgan fingerprint density at radius 3 is 2.53 bits per heavy atom. The van der Waals surface area contributed by atoms with E-state index in [1.54, 1.807) is 0 Å². The number of aromatic amines is 1. The van der Waals surface area contributed by atoms with E-state index >= 15 is 0 Å². The minimum atomic E-state index is -1.30. The number of H-pyrrole nitrogens is 1. The van der Waals surface area contributed by atoms with Gasteiger partial charge in [-0.05, 0) is 33.5 Å². The minimum absolute atomic E-state index is 0.480. The van der Waals surface area contributed by atoms with Crippen molar-refractivity contribution in [3.63, 3.8) is 0 Å². The van der Waals surface area contributed by atoms with E-state index < -0.39 is 11.6 Å². The number of carboxylic acid groups (broad SMARTS) is 1. The Kier molecular flexibility index (Phi) is 5.88. The number of hydrogen-bond donors (Lipinski definition) is 3. The van der Waals surface area contributed by atoms with Gasteiger partial charge in [0.2, 0.25) is 5.66 Å². The molecule has 4 rings (SSSR count). The lowest BCUT2D eigenvalue weighted by molar-refractivity contribution is -0.147. The standard InChI is InChI=1S/C20H21N7O2S/c1-2-11-27(20(19(28)29)13-21-30-24-20)12-14-7-9-15(10-8-14)16-5-3-4-6-17(16)18-22-25-26-23-18/h3-10,13,24H,2,11-12H2,1H3,(H,28,29)(H,22,23,25,26). The summed E-state index contributed by atoms with van der Waals surface area (Å²) in [4.78, 5) is 13.9. The molecule has 0 spiro atoms. The number of nitrogens with zero attached hydrogens (tertiary/aromatic N) is 5. The molecule has 154 valence electrons. The topological polar surface area (TPSA) is 119 Å². The highest BCUT2D eigenvalue weighted by atomic mass is 32.2. The normalized spacial score (nSPS) is 18.2. The largest absolute Gasteiger partial charge is 0.479 e. The van der Waals surface area contributed by atoms with E-state index in [4.69, 9.17) is 0 Å². The van der Waals surface area contributed by atoms with Crippen LogP contribution in [0.2, 0.25) is 0 Å². The molecule has 1 aliphatic rings. The summed E-state index contributed by atoms with van der Waals surface area (Å²) in [7, 11) is 0. The third-order valence-electron chi connectivity index (χ3n) is 4.98. The molecule has 30 heavy (non-hydrogen) atoms. The number of tetrazole rings is 1. The number of benzene rings is 2. The molecule has 3 N–H and O–H groups in total. The maximum absolute atomic E-state index is 12.0. The second kappa shape index (κ2) is 8.74. The van der Waals surface area contributed by atoms with Crippen LogP contribution in [0.5, 0.6) is 0 Å². The summed E-state index contributed by atoms with van der Waals surface area (Å²) < 4.78 is 6.96. The molecule has 0 aliphatic carbocycles. The maximum atomic E-state index is 12.0. The predicted molar refractivity (Wildman–Crippen MR) is 115 cm³/mol. The van der Waals surface area contributed by atoms with Crippen molar-refractivity contribution in [2.75, 3.05) is 6.54 Å². The molecule has 10 heteroatoms. The molecule has 0 bridgehead atoms. The average Bonchev–Trinajstić information content (AvgIpc) is 3.47. The van der Waals surface area contributed by atoms with Crippen LogP contribution in [0, 0.1) is 0 Å². The summed E-state index contributed by atoms with van der Waals surface area (Å²) in [5.41, 5.74) is 2.66. The highest BCUT2D eigenvalue weighted by Crippen LogP contribution is 2.30. The summed E-state index contributed by atoms with van der Waals surface area (Å²) >= 11 is 1.05. The van der Waals surface area contributed by atoms with Crippen LogP contribution < -0.4 is 4.72 Å². The molecule has 0 fully saturated rings. The highest BCUT2D eigenvalue weighted by Gasteiger charge is 2.45. The maximum Gasteiger partial charge on any atom is 0.345 e. The first-order chi connectivity index (χ1) is 14.6. The molecule has 2 heterocycles. The van der Waals surface area contributed by atoms with Crippen molar-refractivity contribution in [2.45, 2.75) is 25.6 Å². The van der Waals surface area contributed by atoms with Gasteiger partial charge in [-0.25, -0.2) is 19.0 Å². The number of aliphatic carboxylic acids is 1. The molecule has 0 amide bonds. The van der Waals surface area contributed by atoms with Gasteiger partial charge < -0.3 is 5.11 Å². The van der Waals surface area contributed by atoms with Gasteiger partial charge in [0.1, 0.15) is 0 Å². The number of carbonyl (C=O) groups is 1. The SMILES string of the molecule is CCCN(Cc1ccc(-c2ccccc2-c2nnn[nH]2)cc1)C1(C(=O)O)C=NSN1. The number of carboxylic acids is 1. The Morgan fingerprint density at radius 2 is 1.93 bits per heavy atom. The first-order valence-corrected chi connectivity index (χ1v) is 10.3. The van der Waals surface area contributed by atoms with E-state index in [2.05, 4.69) is 29.7 Å². The van der Waals surface area contributed by atoms with Crippen molar-refractivity contribution in [1.29, 1.82) is 0 Å². The van der Waals surface area contributed by atoms with Crippen molar-refractivity contribution in [2.24, 2.45) is 4.40 Å². The zero-order valence-electron chi connectivity index (χ0n) is 16.3. The summed E-state index contributed by atoms with van der Waals surface area (Å²) in [5.74, 6) is -0.354. The van der Waals surface area contributed by atoms with E-state index in [-0.39, 0.29) is 0 Å². The lowest BCUT2D eigenvalue weighted by Crippen LogP contribution is -2.61. The molecule has 0 saturated carbocycles. The fraction of sp³-hybridized carbons (Fsp3) is 0.250. The van der Waals surface area contributed by atoms with Gasteiger partial charge in [0.15, 0.2) is 5.82 Å². The Hall–Kier alpha value is -3.08. The van der Waals surface area contributed by atoms with Crippen LogP contribution in [0.1, 0.15) is 18.9 Å². The lowest BCUT2D eigenvalue weighted by Gasteiger charge is -2.35. The molecule has 1 aromatic heterocycles. The van der Waals surface area contributed by atoms with Gasteiger partial charge in [-0.1, -0.05) is 55.5 Å². The van der Waals surface area contributed by atoms with Crippen LogP contribution in [0.3, 0.4) is 0 Å². The average molecular weight is 424 g/mol. The van der Waals surface area contributed by atoms with E-state index in [1.165, 1.54) is 6.21 Å². The zero-order chi connectivity index (χ0) is 21.0. The lowest BCUT2D eigenvalue weighted by atomic mass is 9.98. The smallest absolute Gasteiger partial charge is 0.345 e. The number of aromatic nitrogens is 4. The Bertz CT molecular complexity index is 1040. The predicted octanol–water partition coefficient (Wildman–Crippen LogP) is 2.76. The molecule has 3 aromatic rings. The van der Waals surface area contributed by atoms with Crippen LogP contribution in [-0.4, -0.2) is 55.0 Å². The van der Waals surface area contributed by atoms with Gasteiger partial charge in [-0.15, -0.1) is 5.10 Å². The fourth-order valence-corrected chi connectivity index (χ4v) is 4.15. The molecular weight excluding hydrogens is 402 g/mol. The van der Waals surface area contributed by atoms with E-state index in [9.17, 15) is 9.90 Å². The molecule has 0 saturated heterocycles. The Balaban J connectivity index is 1.60. The monoisotopic (exact) mass is 423 g/mol. The van der Waals surface area contributed by atoms with Crippen LogP contribution >= 0.6 is 12.1 Å². The van der Waals surface area contributed by atoms with Gasteiger partial charge in [0.25, 0.3) is 0 Å². The Morgan fingerprint density at radius 1 is 1.17 bits per heavy atom. The van der Waals surface area contributed by atoms with E-state index in [1.807, 2.05) is 60.4 Å². The third kappa shape index (κ3) is 3.84. The molecule has 9 nitrogen and oxygen atoms in total. The van der Waals surface area contributed by atoms with Gasteiger partial charge in [0.05, 0.1) is 18.3 Å². The second-order valence-corrected chi connectivity index (χ2v) is 7.51. The number of hydrogen-bond acceptors (Lipinski definition) is 8. The van der Waals surface area contributed by atoms with Crippen molar-refractivity contribution < 1.29 is 9.90 Å². The van der Waals surface area contributed by atoms with Gasteiger partial charge in [-0.3, -0.25) is 4.90 Å². The van der Waals surface area contributed by atoms with Gasteiger partial charge >= 0.3 is 5.97 Å². The molecule has 1 atom stereocenters. The van der Waals surface area contributed by atoms with E-state index in [0.717, 1.165) is 40.8 Å². The minimum Gasteiger partial charge on any atom is -0.479 e. The van der Waals surface area contributed by atoms with Crippen LogP contribution in [0.4, 0.5) is 0 Å². The molecule has 0 radical (unpaired) electrons. The fourth-order valence-electron chi connectivity index (χ4n) is 3.48. The van der Waals surface area contributed by atoms with Gasteiger partial charge in [0, 0.05) is 18.7 Å². The quantitative estimate of drug-likeness (QED) is 0.473. The van der Waals surface area contributed by atoms with Crippen LogP contribution in [0.15, 0.2) is 52.9 Å². The molecule has 1 aliphatic heterocycles. The van der Waals surface area contributed by atoms with Crippen molar-refractivity contribution in [3.05, 3.63) is 54.1 Å². The number of rotatable bonds is 8. The summed E-state index contributed by atoms with van der Waals surface area (Å²) in [6, 6.07) is 16.0. The Labute approximate surface area is 177 Å². The molecule has 2 aromatic carbocycles. The molecular formula is C20H21N7O2S. The van der Waals surface area contributed by atoms with Crippen LogP contribution in [0.25, 0.3) is 22.5 Å². The highest BCUT2D eigenvalue weighted by molar-refractivity contribution is 7.96. The number of nitrogens with one attached hydrogen (secondary N) is 2. The third-order valence-corrected chi connectivity index (χ3v) is 5.59. The summed E-state index contributed by atoms with van der Waals surface area (Å²) in [5, 5.41) is 24.0. The van der Waals surface area contributed by atoms with E-state index in [0.29, 0.717) is 18.9 Å². The van der Waals surface area contributed by atoms with Crippen molar-refractivity contribution in [3.8, 4) is 22.5 Å². The van der Waals surface area contributed by atoms with Crippen LogP contribution in [-0.2, 0) is 11.3 Å². The zero-order valence-corrected chi connectivity index (χ0v) is 17.1. The summed E-state index contributed by atoms with van der Waals surface area (Å²) in [6.45, 7) is 3.13. The van der Waals surface area contributed by atoms with Crippen molar-refractivity contribution >= 4 is 24.3 Å². The summed E-state index contributed by atoms with van der Waals surface area (Å²) in [6.07, 6.45) is 2.29. The van der Waals surface area contributed by atoms with Gasteiger partial charge in [-0.2, -0.15) is 0 Å². The first kappa shape index (κ1) is 20.2.